The minimum Gasteiger partial charge on any atom is -0.481 e. The van der Waals surface area contributed by atoms with Crippen LogP contribution in [0.4, 0.5) is 10.1 Å². The van der Waals surface area contributed by atoms with Crippen LogP contribution in [0.25, 0.3) is 0 Å². The number of hydrogen-bond donors (Lipinski definition) is 2. The molecule has 1 fully saturated rings. The summed E-state index contributed by atoms with van der Waals surface area (Å²) in [5.41, 5.74) is -0.364. The van der Waals surface area contributed by atoms with Gasteiger partial charge in [0.05, 0.1) is 17.2 Å². The Labute approximate surface area is 107 Å². The maximum absolute atomic E-state index is 13.7. The topological polar surface area (TPSA) is 94.9 Å². The van der Waals surface area contributed by atoms with Gasteiger partial charge in [-0.2, -0.15) is 0 Å². The molecule has 100 valence electrons. The number of rotatable bonds is 3. The first-order valence-corrected chi connectivity index (χ1v) is 5.46. The summed E-state index contributed by atoms with van der Waals surface area (Å²) in [4.78, 5) is 34.3. The summed E-state index contributed by atoms with van der Waals surface area (Å²) in [5, 5.41) is 17.7. The minimum absolute atomic E-state index is 0.159. The first kappa shape index (κ1) is 13.0. The van der Waals surface area contributed by atoms with Gasteiger partial charge in [0.25, 0.3) is 0 Å². The van der Waals surface area contributed by atoms with Crippen LogP contribution in [0.1, 0.15) is 16.8 Å². The molecule has 2 N–H and O–H groups in total. The Kier molecular flexibility index (Phi) is 3.20. The number of benzene rings is 1. The Bertz CT molecular complexity index is 571. The summed E-state index contributed by atoms with van der Waals surface area (Å²) >= 11 is 0. The summed E-state index contributed by atoms with van der Waals surface area (Å²) < 4.78 is 13.7. The Balaban J connectivity index is 2.36. The molecular formula is C12H10FNO5. The van der Waals surface area contributed by atoms with E-state index in [1.165, 1.54) is 0 Å². The van der Waals surface area contributed by atoms with Gasteiger partial charge in [0.1, 0.15) is 5.82 Å². The van der Waals surface area contributed by atoms with E-state index in [0.717, 1.165) is 23.1 Å². The molecule has 6 nitrogen and oxygen atoms in total. The fourth-order valence-corrected chi connectivity index (χ4v) is 1.96. The predicted octanol–water partition coefficient (Wildman–Crippen LogP) is 0.961. The van der Waals surface area contributed by atoms with Gasteiger partial charge in [0.2, 0.25) is 5.91 Å². The van der Waals surface area contributed by atoms with Crippen molar-refractivity contribution in [2.24, 2.45) is 5.92 Å². The van der Waals surface area contributed by atoms with E-state index >= 15 is 0 Å². The van der Waals surface area contributed by atoms with Crippen LogP contribution in [0.2, 0.25) is 0 Å². The number of carbonyl (C=O) groups is 3. The molecule has 1 heterocycles. The molecule has 1 unspecified atom stereocenters. The normalized spacial score (nSPS) is 18.7. The van der Waals surface area contributed by atoms with E-state index in [1.807, 2.05) is 0 Å². The molecule has 0 saturated carbocycles. The lowest BCUT2D eigenvalue weighted by Crippen LogP contribution is -2.27. The fraction of sp³-hybridized carbons (Fsp3) is 0.250. The van der Waals surface area contributed by atoms with Crippen molar-refractivity contribution in [2.75, 3.05) is 11.4 Å². The minimum atomic E-state index is -1.25. The van der Waals surface area contributed by atoms with Crippen molar-refractivity contribution >= 4 is 23.5 Å². The number of carboxylic acid groups (broad SMARTS) is 2. The average molecular weight is 267 g/mol. The Morgan fingerprint density at radius 1 is 1.32 bits per heavy atom. The van der Waals surface area contributed by atoms with Crippen molar-refractivity contribution in [1.29, 1.82) is 0 Å². The highest BCUT2D eigenvalue weighted by Crippen LogP contribution is 2.28. The van der Waals surface area contributed by atoms with Crippen LogP contribution < -0.4 is 4.90 Å². The second-order valence-electron chi connectivity index (χ2n) is 4.21. The van der Waals surface area contributed by atoms with Crippen LogP contribution in [0.15, 0.2) is 18.2 Å². The number of aromatic carboxylic acids is 1. The van der Waals surface area contributed by atoms with Gasteiger partial charge in [0.15, 0.2) is 0 Å². The van der Waals surface area contributed by atoms with Crippen LogP contribution in [-0.4, -0.2) is 34.6 Å². The maximum atomic E-state index is 13.7. The fourth-order valence-electron chi connectivity index (χ4n) is 1.96. The van der Waals surface area contributed by atoms with Gasteiger partial charge in [0, 0.05) is 13.0 Å². The molecule has 1 aromatic rings. The molecule has 2 rings (SSSR count). The Morgan fingerprint density at radius 3 is 2.53 bits per heavy atom. The summed E-state index contributed by atoms with van der Waals surface area (Å²) in [6.07, 6.45) is -0.216. The molecule has 0 radical (unpaired) electrons. The maximum Gasteiger partial charge on any atom is 0.335 e. The molecule has 1 aliphatic rings. The zero-order chi connectivity index (χ0) is 14.2. The summed E-state index contributed by atoms with van der Waals surface area (Å²) in [6, 6.07) is 3.05. The number of amides is 1. The quantitative estimate of drug-likeness (QED) is 0.850. The molecule has 0 spiro atoms. The number of aliphatic carboxylic acids is 1. The van der Waals surface area contributed by atoms with Gasteiger partial charge in [-0.1, -0.05) is 0 Å². The Morgan fingerprint density at radius 2 is 2.00 bits per heavy atom. The molecule has 0 aromatic heterocycles. The van der Waals surface area contributed by atoms with Crippen LogP contribution in [0, 0.1) is 11.7 Å². The van der Waals surface area contributed by atoms with E-state index in [9.17, 15) is 18.8 Å². The molecule has 1 aliphatic heterocycles. The van der Waals surface area contributed by atoms with Crippen molar-refractivity contribution in [3.8, 4) is 0 Å². The lowest BCUT2D eigenvalue weighted by molar-refractivity contribution is -0.141. The summed E-state index contributed by atoms with van der Waals surface area (Å²) in [5.74, 6) is -4.58. The highest BCUT2D eigenvalue weighted by Gasteiger charge is 2.36. The third-order valence-corrected chi connectivity index (χ3v) is 2.96. The monoisotopic (exact) mass is 267 g/mol. The number of carbonyl (C=O) groups excluding carboxylic acids is 1. The zero-order valence-electron chi connectivity index (χ0n) is 9.67. The molecule has 7 heteroatoms. The molecule has 1 saturated heterocycles. The van der Waals surface area contributed by atoms with Crippen LogP contribution >= 0.6 is 0 Å². The standard InChI is InChI=1S/C12H10FNO5/c13-8-2-1-6(11(16)17)3-9(8)14-5-7(12(18)19)4-10(14)15/h1-3,7H,4-5H2,(H,16,17)(H,18,19). The van der Waals surface area contributed by atoms with E-state index in [-0.39, 0.29) is 24.2 Å². The zero-order valence-corrected chi connectivity index (χ0v) is 9.67. The highest BCUT2D eigenvalue weighted by atomic mass is 19.1. The summed E-state index contributed by atoms with van der Waals surface area (Å²) in [7, 11) is 0. The van der Waals surface area contributed by atoms with E-state index in [2.05, 4.69) is 0 Å². The molecule has 0 aliphatic carbocycles. The van der Waals surface area contributed by atoms with E-state index in [1.54, 1.807) is 0 Å². The number of nitrogens with zero attached hydrogens (tertiary/aromatic N) is 1. The van der Waals surface area contributed by atoms with Gasteiger partial charge in [-0.05, 0) is 18.2 Å². The smallest absolute Gasteiger partial charge is 0.335 e. The SMILES string of the molecule is O=C(O)c1ccc(F)c(N2CC(C(=O)O)CC2=O)c1. The second-order valence-corrected chi connectivity index (χ2v) is 4.21. The van der Waals surface area contributed by atoms with E-state index in [0.29, 0.717) is 0 Å². The first-order chi connectivity index (χ1) is 8.90. The third kappa shape index (κ3) is 2.40. The third-order valence-electron chi connectivity index (χ3n) is 2.96. The molecule has 1 atom stereocenters. The van der Waals surface area contributed by atoms with Crippen molar-refractivity contribution in [2.45, 2.75) is 6.42 Å². The van der Waals surface area contributed by atoms with Gasteiger partial charge in [-0.3, -0.25) is 9.59 Å². The molecule has 1 aromatic carbocycles. The van der Waals surface area contributed by atoms with E-state index in [4.69, 9.17) is 10.2 Å². The first-order valence-electron chi connectivity index (χ1n) is 5.46. The van der Waals surface area contributed by atoms with Gasteiger partial charge in [-0.15, -0.1) is 0 Å². The van der Waals surface area contributed by atoms with Crippen molar-refractivity contribution in [3.63, 3.8) is 0 Å². The van der Waals surface area contributed by atoms with Crippen molar-refractivity contribution < 1.29 is 29.0 Å². The lowest BCUT2D eigenvalue weighted by Gasteiger charge is -2.17. The molecular weight excluding hydrogens is 257 g/mol. The number of carboxylic acids is 2. The Hall–Kier alpha value is -2.44. The van der Waals surface area contributed by atoms with Crippen LogP contribution in [0.3, 0.4) is 0 Å². The van der Waals surface area contributed by atoms with Crippen molar-refractivity contribution in [1.82, 2.24) is 0 Å². The van der Waals surface area contributed by atoms with Gasteiger partial charge >= 0.3 is 11.9 Å². The number of hydrogen-bond acceptors (Lipinski definition) is 3. The number of halogens is 1. The molecule has 0 bridgehead atoms. The second kappa shape index (κ2) is 4.68. The predicted molar refractivity (Wildman–Crippen MR) is 61.5 cm³/mol. The molecule has 1 amide bonds. The average Bonchev–Trinajstić information content (AvgIpc) is 2.72. The largest absolute Gasteiger partial charge is 0.481 e. The van der Waals surface area contributed by atoms with Crippen LogP contribution in [0.5, 0.6) is 0 Å². The highest BCUT2D eigenvalue weighted by molar-refractivity contribution is 6.00. The van der Waals surface area contributed by atoms with Crippen molar-refractivity contribution in [3.05, 3.63) is 29.6 Å². The van der Waals surface area contributed by atoms with E-state index < -0.39 is 29.6 Å². The molecule has 19 heavy (non-hydrogen) atoms. The van der Waals surface area contributed by atoms with Crippen LogP contribution in [-0.2, 0) is 9.59 Å². The van der Waals surface area contributed by atoms with Gasteiger partial charge in [-0.25, -0.2) is 9.18 Å². The van der Waals surface area contributed by atoms with Gasteiger partial charge < -0.3 is 15.1 Å². The summed E-state index contributed by atoms with van der Waals surface area (Å²) in [6.45, 7) is -0.159. The lowest BCUT2D eigenvalue weighted by atomic mass is 10.1. The number of anilines is 1.